The molecule has 1 heterocycles. The molecule has 5 nitrogen and oxygen atoms in total. The molecule has 5 heteroatoms. The summed E-state index contributed by atoms with van der Waals surface area (Å²) in [6.45, 7) is 5.52. The van der Waals surface area contributed by atoms with Crippen LogP contribution in [-0.2, 0) is 14.3 Å². The number of likely N-dealkylation sites (tertiary alicyclic amines) is 1. The molecule has 106 valence electrons. The molecule has 1 aliphatic heterocycles. The van der Waals surface area contributed by atoms with E-state index in [9.17, 15) is 9.59 Å². The van der Waals surface area contributed by atoms with E-state index in [1.54, 1.807) is 4.90 Å². The minimum Gasteiger partial charge on any atom is -0.467 e. The van der Waals surface area contributed by atoms with Crippen LogP contribution < -0.4 is 0 Å². The van der Waals surface area contributed by atoms with Gasteiger partial charge in [0.1, 0.15) is 11.6 Å². The van der Waals surface area contributed by atoms with Crippen LogP contribution in [0, 0.1) is 17.8 Å². The Bertz CT molecular complexity index is 428. The van der Waals surface area contributed by atoms with Crippen molar-refractivity contribution >= 4 is 12.1 Å². The Kier molecular flexibility index (Phi) is 2.60. The van der Waals surface area contributed by atoms with Crippen molar-refractivity contribution in [1.29, 1.82) is 0 Å². The van der Waals surface area contributed by atoms with E-state index in [1.807, 2.05) is 20.8 Å². The zero-order chi connectivity index (χ0) is 13.9. The van der Waals surface area contributed by atoms with Crippen LogP contribution in [0.4, 0.5) is 4.79 Å². The van der Waals surface area contributed by atoms with Gasteiger partial charge >= 0.3 is 12.1 Å². The summed E-state index contributed by atoms with van der Waals surface area (Å²) in [6, 6.07) is -0.262. The largest absolute Gasteiger partial charge is 0.467 e. The summed E-state index contributed by atoms with van der Waals surface area (Å²) in [4.78, 5) is 26.0. The van der Waals surface area contributed by atoms with Gasteiger partial charge in [-0.2, -0.15) is 0 Å². The molecule has 19 heavy (non-hydrogen) atoms. The lowest BCUT2D eigenvalue weighted by Crippen LogP contribution is -2.51. The SMILES string of the molecule is COC(=O)[C@@H]1[C@@H]2C[C@@H]([C@H]3C[C@@H]23)N1C(=O)OC(C)(C)C. The summed E-state index contributed by atoms with van der Waals surface area (Å²) in [5.74, 6) is 1.17. The zero-order valence-electron chi connectivity index (χ0n) is 11.9. The summed E-state index contributed by atoms with van der Waals surface area (Å²) < 4.78 is 10.3. The van der Waals surface area contributed by atoms with E-state index < -0.39 is 11.6 Å². The van der Waals surface area contributed by atoms with Gasteiger partial charge < -0.3 is 9.47 Å². The van der Waals surface area contributed by atoms with E-state index in [2.05, 4.69) is 0 Å². The maximum absolute atomic E-state index is 12.3. The maximum atomic E-state index is 12.3. The maximum Gasteiger partial charge on any atom is 0.411 e. The molecule has 0 spiro atoms. The van der Waals surface area contributed by atoms with E-state index in [0.717, 1.165) is 12.8 Å². The van der Waals surface area contributed by atoms with Crippen LogP contribution in [0.3, 0.4) is 0 Å². The summed E-state index contributed by atoms with van der Waals surface area (Å²) in [5.41, 5.74) is -0.539. The third kappa shape index (κ3) is 1.90. The van der Waals surface area contributed by atoms with E-state index in [4.69, 9.17) is 9.47 Å². The highest BCUT2D eigenvalue weighted by Crippen LogP contribution is 2.63. The van der Waals surface area contributed by atoms with Crippen molar-refractivity contribution in [1.82, 2.24) is 4.90 Å². The molecule has 0 N–H and O–H groups in total. The summed E-state index contributed by atoms with van der Waals surface area (Å²) in [6.07, 6.45) is 1.69. The first kappa shape index (κ1) is 12.8. The van der Waals surface area contributed by atoms with Gasteiger partial charge in [-0.25, -0.2) is 9.59 Å². The molecule has 3 fully saturated rings. The van der Waals surface area contributed by atoms with Gasteiger partial charge in [0.2, 0.25) is 0 Å². The van der Waals surface area contributed by atoms with Crippen molar-refractivity contribution in [3.05, 3.63) is 0 Å². The molecule has 0 aromatic rings. The zero-order valence-corrected chi connectivity index (χ0v) is 11.9. The van der Waals surface area contributed by atoms with E-state index in [1.165, 1.54) is 7.11 Å². The lowest BCUT2D eigenvalue weighted by molar-refractivity contribution is -0.148. The van der Waals surface area contributed by atoms with Crippen LogP contribution in [0.25, 0.3) is 0 Å². The van der Waals surface area contributed by atoms with Crippen LogP contribution in [0.5, 0.6) is 0 Å². The van der Waals surface area contributed by atoms with Crippen LogP contribution in [-0.4, -0.2) is 41.8 Å². The molecule has 0 aromatic carbocycles. The van der Waals surface area contributed by atoms with Gasteiger partial charge in [-0.15, -0.1) is 0 Å². The molecular weight excluding hydrogens is 246 g/mol. The van der Waals surface area contributed by atoms with Crippen LogP contribution >= 0.6 is 0 Å². The number of piperidine rings is 1. The number of carbonyl (C=O) groups excluding carboxylic acids is 2. The third-order valence-electron chi connectivity index (χ3n) is 4.56. The smallest absolute Gasteiger partial charge is 0.411 e. The average molecular weight is 267 g/mol. The Morgan fingerprint density at radius 2 is 1.79 bits per heavy atom. The predicted molar refractivity (Wildman–Crippen MR) is 67.4 cm³/mol. The minimum atomic E-state index is -0.539. The van der Waals surface area contributed by atoms with Crippen LogP contribution in [0.15, 0.2) is 0 Å². The quantitative estimate of drug-likeness (QED) is 0.680. The topological polar surface area (TPSA) is 55.8 Å². The van der Waals surface area contributed by atoms with Crippen molar-refractivity contribution in [2.45, 2.75) is 51.3 Å². The normalized spacial score (nSPS) is 38.9. The number of carbonyl (C=O) groups is 2. The molecule has 2 aliphatic carbocycles. The highest BCUT2D eigenvalue weighted by Gasteiger charge is 2.68. The van der Waals surface area contributed by atoms with Gasteiger partial charge in [-0.05, 0) is 51.4 Å². The molecule has 1 saturated heterocycles. The lowest BCUT2D eigenvalue weighted by atomic mass is 9.97. The van der Waals surface area contributed by atoms with Gasteiger partial charge in [-0.3, -0.25) is 4.90 Å². The second-order valence-electron chi connectivity index (χ2n) is 6.89. The van der Waals surface area contributed by atoms with E-state index in [-0.39, 0.29) is 24.0 Å². The number of esters is 1. The lowest BCUT2D eigenvalue weighted by Gasteiger charge is -2.34. The van der Waals surface area contributed by atoms with Gasteiger partial charge in [0.05, 0.1) is 7.11 Å². The number of hydrogen-bond donors (Lipinski definition) is 0. The van der Waals surface area contributed by atoms with Crippen LogP contribution in [0.2, 0.25) is 0 Å². The van der Waals surface area contributed by atoms with Crippen LogP contribution in [0.1, 0.15) is 33.6 Å². The molecule has 3 aliphatic rings. The molecule has 5 atom stereocenters. The van der Waals surface area contributed by atoms with Gasteiger partial charge in [0, 0.05) is 6.04 Å². The van der Waals surface area contributed by atoms with E-state index >= 15 is 0 Å². The molecular formula is C14H21NO4. The number of fused-ring (bicyclic) bond motifs is 5. The number of rotatable bonds is 1. The number of amides is 1. The van der Waals surface area contributed by atoms with Gasteiger partial charge in [0.15, 0.2) is 0 Å². The monoisotopic (exact) mass is 267 g/mol. The predicted octanol–water partition coefficient (Wildman–Crippen LogP) is 1.80. The number of hydrogen-bond acceptors (Lipinski definition) is 4. The Morgan fingerprint density at radius 3 is 2.37 bits per heavy atom. The first-order valence-corrected chi connectivity index (χ1v) is 6.92. The number of nitrogens with zero attached hydrogens (tertiary/aromatic N) is 1. The third-order valence-corrected chi connectivity index (χ3v) is 4.56. The standard InChI is InChI=1S/C14H21NO4/c1-14(2,3)19-13(17)15-10-6-9(7-5-8(7)10)11(15)12(16)18-4/h7-11H,5-6H2,1-4H3/t7-,8+,9-,10+,11+/m1/s1. The molecule has 2 saturated carbocycles. The fourth-order valence-electron chi connectivity index (χ4n) is 3.87. The molecule has 0 unspecified atom stereocenters. The highest BCUT2D eigenvalue weighted by molar-refractivity contribution is 5.83. The summed E-state index contributed by atoms with van der Waals surface area (Å²) >= 11 is 0. The Balaban J connectivity index is 1.82. The Labute approximate surface area is 113 Å². The average Bonchev–Trinajstić information content (AvgIpc) is 2.92. The van der Waals surface area contributed by atoms with Gasteiger partial charge in [-0.1, -0.05) is 0 Å². The Morgan fingerprint density at radius 1 is 1.11 bits per heavy atom. The minimum absolute atomic E-state index is 0.175. The second kappa shape index (κ2) is 3.87. The Hall–Kier alpha value is -1.26. The molecule has 0 aromatic heterocycles. The summed E-state index contributed by atoms with van der Waals surface area (Å²) in [5, 5.41) is 0. The molecule has 3 rings (SSSR count). The van der Waals surface area contributed by atoms with Crippen molar-refractivity contribution < 1.29 is 19.1 Å². The number of methoxy groups -OCH3 is 1. The number of ether oxygens (including phenoxy) is 2. The highest BCUT2D eigenvalue weighted by atomic mass is 16.6. The van der Waals surface area contributed by atoms with Crippen molar-refractivity contribution in [3.63, 3.8) is 0 Å². The second-order valence-corrected chi connectivity index (χ2v) is 6.89. The fraction of sp³-hybridized carbons (Fsp3) is 0.857. The first-order chi connectivity index (χ1) is 8.83. The van der Waals surface area contributed by atoms with Crippen molar-refractivity contribution in [2.75, 3.05) is 7.11 Å². The van der Waals surface area contributed by atoms with Crippen molar-refractivity contribution in [3.8, 4) is 0 Å². The van der Waals surface area contributed by atoms with Crippen molar-refractivity contribution in [2.24, 2.45) is 17.8 Å². The van der Waals surface area contributed by atoms with E-state index in [0.29, 0.717) is 11.8 Å². The molecule has 2 bridgehead atoms. The first-order valence-electron chi connectivity index (χ1n) is 6.92. The van der Waals surface area contributed by atoms with Gasteiger partial charge in [0.25, 0.3) is 0 Å². The fourth-order valence-corrected chi connectivity index (χ4v) is 3.87. The molecule has 1 amide bonds. The molecule has 0 radical (unpaired) electrons. The summed E-state index contributed by atoms with van der Waals surface area (Å²) in [7, 11) is 1.38.